The first kappa shape index (κ1) is 24.2. The highest BCUT2D eigenvalue weighted by molar-refractivity contribution is 6.51. The van der Waals surface area contributed by atoms with E-state index < -0.39 is 17.7 Å². The molecule has 3 aromatic rings. The number of ketones is 1. The SMILES string of the molecule is COc1ccc(/C(O)=C2/C(=O)C(=O)N(c3ccc(C(C)C)cc3)C2c2ccncc2)cc1C(C)C. The average molecular weight is 471 g/mol. The van der Waals surface area contributed by atoms with Crippen molar-refractivity contribution in [1.29, 1.82) is 0 Å². The number of aromatic nitrogens is 1. The highest BCUT2D eigenvalue weighted by Gasteiger charge is 2.47. The second kappa shape index (κ2) is 9.74. The van der Waals surface area contributed by atoms with Gasteiger partial charge in [0.25, 0.3) is 11.7 Å². The largest absolute Gasteiger partial charge is 0.507 e. The zero-order valence-electron chi connectivity index (χ0n) is 20.6. The molecule has 35 heavy (non-hydrogen) atoms. The summed E-state index contributed by atoms with van der Waals surface area (Å²) in [7, 11) is 1.60. The number of pyridine rings is 1. The second-order valence-corrected chi connectivity index (χ2v) is 9.31. The molecule has 180 valence electrons. The number of ether oxygens (including phenoxy) is 1. The number of benzene rings is 2. The van der Waals surface area contributed by atoms with Crippen LogP contribution in [0.25, 0.3) is 5.76 Å². The number of aliphatic hydroxyl groups is 1. The second-order valence-electron chi connectivity index (χ2n) is 9.31. The van der Waals surface area contributed by atoms with Crippen molar-refractivity contribution in [3.63, 3.8) is 0 Å². The van der Waals surface area contributed by atoms with Gasteiger partial charge in [0.1, 0.15) is 11.5 Å². The number of Topliss-reactive ketones (excluding diaryl/α,β-unsaturated/α-hetero) is 1. The predicted octanol–water partition coefficient (Wildman–Crippen LogP) is 5.96. The molecule has 1 saturated heterocycles. The smallest absolute Gasteiger partial charge is 0.300 e. The molecule has 1 unspecified atom stereocenters. The third-order valence-electron chi connectivity index (χ3n) is 6.43. The van der Waals surface area contributed by atoms with E-state index in [2.05, 4.69) is 18.8 Å². The molecular weight excluding hydrogens is 440 g/mol. The number of anilines is 1. The van der Waals surface area contributed by atoms with Gasteiger partial charge in [0.15, 0.2) is 0 Å². The van der Waals surface area contributed by atoms with E-state index in [1.54, 1.807) is 43.8 Å². The van der Waals surface area contributed by atoms with Gasteiger partial charge in [0, 0.05) is 23.6 Å². The fraction of sp³-hybridized carbons (Fsp3) is 0.276. The van der Waals surface area contributed by atoms with Gasteiger partial charge in [-0.3, -0.25) is 19.5 Å². The first-order valence-corrected chi connectivity index (χ1v) is 11.7. The van der Waals surface area contributed by atoms with Crippen LogP contribution in [0.2, 0.25) is 0 Å². The highest BCUT2D eigenvalue weighted by atomic mass is 16.5. The summed E-state index contributed by atoms with van der Waals surface area (Å²) in [6.07, 6.45) is 3.23. The van der Waals surface area contributed by atoms with Crippen LogP contribution in [0, 0.1) is 0 Å². The number of methoxy groups -OCH3 is 1. The van der Waals surface area contributed by atoms with E-state index >= 15 is 0 Å². The van der Waals surface area contributed by atoms with Crippen molar-refractivity contribution in [2.75, 3.05) is 12.0 Å². The van der Waals surface area contributed by atoms with Gasteiger partial charge in [0.2, 0.25) is 0 Å². The van der Waals surface area contributed by atoms with E-state index in [-0.39, 0.29) is 17.3 Å². The molecule has 0 aliphatic carbocycles. The lowest BCUT2D eigenvalue weighted by atomic mass is 9.93. The maximum absolute atomic E-state index is 13.4. The standard InChI is InChI=1S/C29H30N2O4/c1-17(2)19-6-9-22(10-7-19)31-26(20-12-14-30-15-13-20)25(28(33)29(31)34)27(32)21-8-11-24(35-5)23(16-21)18(3)4/h6-18,26,32H,1-5H3/b27-25-. The zero-order valence-corrected chi connectivity index (χ0v) is 20.6. The molecule has 0 radical (unpaired) electrons. The lowest BCUT2D eigenvalue weighted by Crippen LogP contribution is -2.29. The minimum atomic E-state index is -0.785. The van der Waals surface area contributed by atoms with Gasteiger partial charge < -0.3 is 9.84 Å². The average Bonchev–Trinajstić information content (AvgIpc) is 3.14. The lowest BCUT2D eigenvalue weighted by Gasteiger charge is -2.25. The monoisotopic (exact) mass is 470 g/mol. The van der Waals surface area contributed by atoms with E-state index in [4.69, 9.17) is 4.74 Å². The maximum Gasteiger partial charge on any atom is 0.300 e. The van der Waals surface area contributed by atoms with E-state index in [0.717, 1.165) is 11.1 Å². The zero-order chi connectivity index (χ0) is 25.3. The summed E-state index contributed by atoms with van der Waals surface area (Å²) in [6, 6.07) is 15.6. The van der Waals surface area contributed by atoms with E-state index in [9.17, 15) is 14.7 Å². The van der Waals surface area contributed by atoms with Crippen molar-refractivity contribution < 1.29 is 19.4 Å². The highest BCUT2D eigenvalue weighted by Crippen LogP contribution is 2.42. The maximum atomic E-state index is 13.4. The van der Waals surface area contributed by atoms with Crippen LogP contribution < -0.4 is 9.64 Å². The Morgan fingerprint density at radius 2 is 1.60 bits per heavy atom. The third kappa shape index (κ3) is 4.44. The van der Waals surface area contributed by atoms with Crippen LogP contribution in [-0.4, -0.2) is 28.9 Å². The van der Waals surface area contributed by atoms with E-state index in [1.165, 1.54) is 4.90 Å². The molecule has 6 nitrogen and oxygen atoms in total. The molecule has 6 heteroatoms. The lowest BCUT2D eigenvalue weighted by molar-refractivity contribution is -0.132. The number of aliphatic hydroxyl groups excluding tert-OH is 1. The number of nitrogens with zero attached hydrogens (tertiary/aromatic N) is 2. The summed E-state index contributed by atoms with van der Waals surface area (Å²) < 4.78 is 5.46. The fourth-order valence-electron chi connectivity index (χ4n) is 4.47. The van der Waals surface area contributed by atoms with E-state index in [0.29, 0.717) is 28.5 Å². The summed E-state index contributed by atoms with van der Waals surface area (Å²) in [4.78, 5) is 32.2. The van der Waals surface area contributed by atoms with Crippen LogP contribution in [0.3, 0.4) is 0 Å². The number of rotatable bonds is 6. The van der Waals surface area contributed by atoms with Crippen LogP contribution in [-0.2, 0) is 9.59 Å². The Morgan fingerprint density at radius 1 is 0.943 bits per heavy atom. The Kier molecular flexibility index (Phi) is 6.74. The molecule has 1 amide bonds. The van der Waals surface area contributed by atoms with Crippen LogP contribution in [0.15, 0.2) is 72.6 Å². The Labute approximate surface area is 205 Å². The summed E-state index contributed by atoms with van der Waals surface area (Å²) in [6.45, 7) is 8.24. The predicted molar refractivity (Wildman–Crippen MR) is 137 cm³/mol. The van der Waals surface area contributed by atoms with Gasteiger partial charge in [-0.1, -0.05) is 39.8 Å². The van der Waals surface area contributed by atoms with E-state index in [1.807, 2.05) is 44.2 Å². The van der Waals surface area contributed by atoms with Crippen molar-refractivity contribution in [1.82, 2.24) is 4.98 Å². The number of carbonyl (C=O) groups excluding carboxylic acids is 2. The Bertz CT molecular complexity index is 1280. The first-order chi connectivity index (χ1) is 16.7. The van der Waals surface area contributed by atoms with Gasteiger partial charge >= 0.3 is 0 Å². The summed E-state index contributed by atoms with van der Waals surface area (Å²) in [5.74, 6) is -0.442. The van der Waals surface area contributed by atoms with Gasteiger partial charge in [-0.25, -0.2) is 0 Å². The van der Waals surface area contributed by atoms with Crippen LogP contribution in [0.1, 0.15) is 67.8 Å². The molecule has 0 spiro atoms. The quantitative estimate of drug-likeness (QED) is 0.273. The number of carbonyl (C=O) groups is 2. The molecule has 1 aliphatic heterocycles. The topological polar surface area (TPSA) is 79.7 Å². The number of hydrogen-bond acceptors (Lipinski definition) is 5. The molecule has 1 fully saturated rings. The summed E-state index contributed by atoms with van der Waals surface area (Å²) in [5, 5.41) is 11.4. The van der Waals surface area contributed by atoms with Crippen molar-refractivity contribution >= 4 is 23.1 Å². The number of amides is 1. The third-order valence-corrected chi connectivity index (χ3v) is 6.43. The van der Waals surface area contributed by atoms with Crippen LogP contribution >= 0.6 is 0 Å². The molecular formula is C29H30N2O4. The Hall–Kier alpha value is -3.93. The normalized spacial score (nSPS) is 17.5. The first-order valence-electron chi connectivity index (χ1n) is 11.7. The molecule has 1 aromatic heterocycles. The summed E-state index contributed by atoms with van der Waals surface area (Å²) in [5.41, 5.74) is 3.82. The summed E-state index contributed by atoms with van der Waals surface area (Å²) >= 11 is 0. The molecule has 0 bridgehead atoms. The molecule has 1 aliphatic rings. The fourth-order valence-corrected chi connectivity index (χ4v) is 4.47. The molecule has 4 rings (SSSR count). The van der Waals surface area contributed by atoms with Crippen LogP contribution in [0.4, 0.5) is 5.69 Å². The van der Waals surface area contributed by atoms with Crippen molar-refractivity contribution in [3.8, 4) is 5.75 Å². The minimum Gasteiger partial charge on any atom is -0.507 e. The number of hydrogen-bond donors (Lipinski definition) is 1. The van der Waals surface area contributed by atoms with Crippen molar-refractivity contribution in [3.05, 3.63) is 94.8 Å². The molecule has 2 heterocycles. The van der Waals surface area contributed by atoms with Crippen LogP contribution in [0.5, 0.6) is 5.75 Å². The molecule has 0 saturated carbocycles. The molecule has 2 aromatic carbocycles. The van der Waals surface area contributed by atoms with Gasteiger partial charge in [0.05, 0.1) is 18.7 Å². The Morgan fingerprint density at radius 3 is 2.17 bits per heavy atom. The minimum absolute atomic E-state index is 0.0500. The van der Waals surface area contributed by atoms with Gasteiger partial charge in [-0.15, -0.1) is 0 Å². The van der Waals surface area contributed by atoms with Crippen molar-refractivity contribution in [2.24, 2.45) is 0 Å². The van der Waals surface area contributed by atoms with Gasteiger partial charge in [-0.2, -0.15) is 0 Å². The van der Waals surface area contributed by atoms with Crippen molar-refractivity contribution in [2.45, 2.75) is 45.6 Å². The Balaban J connectivity index is 1.90. The van der Waals surface area contributed by atoms with Gasteiger partial charge in [-0.05, 0) is 71.0 Å². The molecule has 1 N–H and O–H groups in total. The molecule has 1 atom stereocenters.